The van der Waals surface area contributed by atoms with Gasteiger partial charge in [0.05, 0.1) is 0 Å². The first kappa shape index (κ1) is 15.2. The first-order valence-electron chi connectivity index (χ1n) is 7.73. The van der Waals surface area contributed by atoms with Crippen molar-refractivity contribution in [3.05, 3.63) is 60.4 Å². The van der Waals surface area contributed by atoms with Gasteiger partial charge in [-0.15, -0.1) is 0 Å². The molecule has 0 radical (unpaired) electrons. The Morgan fingerprint density at radius 3 is 2.57 bits per heavy atom. The number of hydrogen-bond acceptors (Lipinski definition) is 2. The molecule has 0 unspecified atom stereocenters. The molecule has 5 heteroatoms. The van der Waals surface area contributed by atoms with E-state index < -0.39 is 6.04 Å². The molecular weight excluding hydrogens is 290 g/mol. The van der Waals surface area contributed by atoms with Crippen molar-refractivity contribution >= 4 is 17.5 Å². The van der Waals surface area contributed by atoms with Gasteiger partial charge in [-0.25, -0.2) is 0 Å². The summed E-state index contributed by atoms with van der Waals surface area (Å²) in [5.74, 6) is -0.241. The Labute approximate surface area is 135 Å². The van der Waals surface area contributed by atoms with Crippen LogP contribution in [0.2, 0.25) is 0 Å². The predicted molar refractivity (Wildman–Crippen MR) is 86.4 cm³/mol. The fraction of sp³-hybridized carbons (Fsp3) is 0.278. The lowest BCUT2D eigenvalue weighted by Gasteiger charge is -2.35. The van der Waals surface area contributed by atoms with Crippen LogP contribution in [0.4, 0.5) is 5.69 Å². The van der Waals surface area contributed by atoms with Crippen LogP contribution < -0.4 is 9.88 Å². The average Bonchev–Trinajstić information content (AvgIpc) is 2.54. The maximum Gasteiger partial charge on any atom is 0.289 e. The number of anilines is 1. The van der Waals surface area contributed by atoms with Crippen LogP contribution in [0.5, 0.6) is 0 Å². The third kappa shape index (κ3) is 2.95. The molecular formula is C18H20N3O2+. The van der Waals surface area contributed by atoms with Gasteiger partial charge in [0, 0.05) is 23.9 Å². The van der Waals surface area contributed by atoms with Gasteiger partial charge >= 0.3 is 0 Å². The molecule has 1 aromatic carbocycles. The van der Waals surface area contributed by atoms with Gasteiger partial charge < -0.3 is 10.2 Å². The number of benzene rings is 1. The maximum atomic E-state index is 12.9. The Bertz CT molecular complexity index is 728. The van der Waals surface area contributed by atoms with Crippen molar-refractivity contribution < 1.29 is 14.2 Å². The molecule has 0 fully saturated rings. The summed E-state index contributed by atoms with van der Waals surface area (Å²) in [5.41, 5.74) is 1.55. The number of carbonyl (C=O) groups is 2. The minimum Gasteiger partial charge on any atom is -0.324 e. The zero-order valence-electron chi connectivity index (χ0n) is 13.3. The summed E-state index contributed by atoms with van der Waals surface area (Å²) in [7, 11) is 0. The van der Waals surface area contributed by atoms with E-state index in [4.69, 9.17) is 0 Å². The molecule has 2 aromatic rings. The van der Waals surface area contributed by atoms with Gasteiger partial charge in [0.1, 0.15) is 0 Å². The van der Waals surface area contributed by atoms with E-state index in [1.165, 1.54) is 0 Å². The van der Waals surface area contributed by atoms with E-state index >= 15 is 0 Å². The van der Waals surface area contributed by atoms with E-state index in [-0.39, 0.29) is 24.4 Å². The third-order valence-electron chi connectivity index (χ3n) is 3.97. The number of nitrogens with zero attached hydrogens (tertiary/aromatic N) is 2. The molecule has 0 saturated carbocycles. The van der Waals surface area contributed by atoms with E-state index in [0.29, 0.717) is 0 Å². The van der Waals surface area contributed by atoms with Crippen molar-refractivity contribution in [2.45, 2.75) is 32.5 Å². The molecule has 1 N–H and O–H groups in total. The Hall–Kier alpha value is -2.69. The fourth-order valence-corrected chi connectivity index (χ4v) is 2.97. The fourth-order valence-electron chi connectivity index (χ4n) is 2.97. The lowest BCUT2D eigenvalue weighted by Crippen LogP contribution is -2.59. The van der Waals surface area contributed by atoms with Crippen molar-refractivity contribution in [1.82, 2.24) is 4.90 Å². The number of para-hydroxylation sites is 1. The van der Waals surface area contributed by atoms with Gasteiger partial charge in [-0.2, -0.15) is 4.57 Å². The Kier molecular flexibility index (Phi) is 4.10. The van der Waals surface area contributed by atoms with Gasteiger partial charge in [-0.3, -0.25) is 9.59 Å². The largest absolute Gasteiger partial charge is 0.324 e. The van der Waals surface area contributed by atoms with Crippen LogP contribution in [0, 0.1) is 0 Å². The van der Waals surface area contributed by atoms with Crippen molar-refractivity contribution in [1.29, 1.82) is 0 Å². The summed E-state index contributed by atoms with van der Waals surface area (Å²) in [5, 5.41) is 2.91. The lowest BCUT2D eigenvalue weighted by atomic mass is 10.0. The van der Waals surface area contributed by atoms with Gasteiger partial charge in [-0.1, -0.05) is 24.3 Å². The molecule has 1 atom stereocenters. The van der Waals surface area contributed by atoms with Crippen molar-refractivity contribution in [3.63, 3.8) is 0 Å². The van der Waals surface area contributed by atoms with Crippen molar-refractivity contribution in [2.75, 3.05) is 5.32 Å². The number of fused-ring (bicyclic) bond motifs is 1. The monoisotopic (exact) mass is 310 g/mol. The second-order valence-corrected chi connectivity index (χ2v) is 5.91. The quantitative estimate of drug-likeness (QED) is 0.881. The molecule has 3 rings (SSSR count). The summed E-state index contributed by atoms with van der Waals surface area (Å²) in [6.45, 7) is 4.13. The highest BCUT2D eigenvalue weighted by atomic mass is 16.2. The van der Waals surface area contributed by atoms with E-state index in [1.54, 1.807) is 4.90 Å². The highest BCUT2D eigenvalue weighted by Gasteiger charge is 2.43. The Morgan fingerprint density at radius 2 is 1.87 bits per heavy atom. The zero-order valence-corrected chi connectivity index (χ0v) is 13.3. The Balaban J connectivity index is 1.98. The first-order chi connectivity index (χ1) is 11.1. The molecule has 0 bridgehead atoms. The SMILES string of the molecule is CC(C)N1C(=O)C[n+]2ccccc2[C@H]1C(=O)Nc1ccccc1. The summed E-state index contributed by atoms with van der Waals surface area (Å²) in [6.07, 6.45) is 1.84. The topological polar surface area (TPSA) is 53.3 Å². The summed E-state index contributed by atoms with van der Waals surface area (Å²) < 4.78 is 1.84. The van der Waals surface area contributed by atoms with Crippen LogP contribution in [0.3, 0.4) is 0 Å². The molecule has 0 spiro atoms. The summed E-state index contributed by atoms with van der Waals surface area (Å²) in [4.78, 5) is 27.0. The van der Waals surface area contributed by atoms with Crippen LogP contribution in [0.15, 0.2) is 54.7 Å². The molecule has 0 saturated heterocycles. The van der Waals surface area contributed by atoms with Gasteiger partial charge in [0.25, 0.3) is 11.8 Å². The minimum absolute atomic E-state index is 0.0445. The number of hydrogen-bond donors (Lipinski definition) is 1. The third-order valence-corrected chi connectivity index (χ3v) is 3.97. The second-order valence-electron chi connectivity index (χ2n) is 5.91. The van der Waals surface area contributed by atoms with E-state index in [1.807, 2.05) is 73.1 Å². The van der Waals surface area contributed by atoms with Crippen LogP contribution in [0.25, 0.3) is 0 Å². The van der Waals surface area contributed by atoms with Gasteiger partial charge in [-0.05, 0) is 26.0 Å². The zero-order chi connectivity index (χ0) is 16.4. The number of nitrogens with one attached hydrogen (secondary N) is 1. The Morgan fingerprint density at radius 1 is 1.17 bits per heavy atom. The van der Waals surface area contributed by atoms with Crippen molar-refractivity contribution in [2.24, 2.45) is 0 Å². The lowest BCUT2D eigenvalue weighted by molar-refractivity contribution is -0.699. The van der Waals surface area contributed by atoms with E-state index in [9.17, 15) is 9.59 Å². The number of aromatic nitrogens is 1. The van der Waals surface area contributed by atoms with E-state index in [2.05, 4.69) is 5.32 Å². The molecule has 5 nitrogen and oxygen atoms in total. The number of pyridine rings is 1. The predicted octanol–water partition coefficient (Wildman–Crippen LogP) is 1.90. The van der Waals surface area contributed by atoms with Crippen LogP contribution in [-0.2, 0) is 16.1 Å². The van der Waals surface area contributed by atoms with Crippen molar-refractivity contribution in [3.8, 4) is 0 Å². The maximum absolute atomic E-state index is 12.9. The standard InChI is InChI=1S/C18H19N3O2/c1-13(2)21-16(22)12-20-11-7-6-10-15(20)17(21)18(23)19-14-8-4-3-5-9-14/h3-11,13,17H,12H2,1-2H3/p+1/t17-/m0/s1. The van der Waals surface area contributed by atoms with Crippen LogP contribution in [-0.4, -0.2) is 22.8 Å². The molecule has 0 aliphatic carbocycles. The highest BCUT2D eigenvalue weighted by Crippen LogP contribution is 2.25. The second kappa shape index (κ2) is 6.20. The average molecular weight is 310 g/mol. The number of carbonyl (C=O) groups excluding carboxylic acids is 2. The molecule has 2 heterocycles. The smallest absolute Gasteiger partial charge is 0.289 e. The summed E-state index contributed by atoms with van der Waals surface area (Å²) >= 11 is 0. The van der Waals surface area contributed by atoms with Gasteiger partial charge in [0.2, 0.25) is 12.2 Å². The number of amides is 2. The molecule has 1 aromatic heterocycles. The van der Waals surface area contributed by atoms with Gasteiger partial charge in [0.15, 0.2) is 12.2 Å². The van der Waals surface area contributed by atoms with Crippen LogP contribution in [0.1, 0.15) is 25.6 Å². The van der Waals surface area contributed by atoms with E-state index in [0.717, 1.165) is 11.4 Å². The molecule has 1 aliphatic heterocycles. The first-order valence-corrected chi connectivity index (χ1v) is 7.73. The molecule has 23 heavy (non-hydrogen) atoms. The molecule has 118 valence electrons. The normalized spacial score (nSPS) is 17.1. The molecule has 1 aliphatic rings. The highest BCUT2D eigenvalue weighted by molar-refractivity contribution is 5.97. The summed E-state index contributed by atoms with van der Waals surface area (Å²) in [6, 6.07) is 14.3. The van der Waals surface area contributed by atoms with Crippen LogP contribution >= 0.6 is 0 Å². The minimum atomic E-state index is -0.627. The number of rotatable bonds is 3. The molecule has 2 amide bonds.